The normalized spacial score (nSPS) is 21.6. The van der Waals surface area contributed by atoms with Crippen LogP contribution in [0.25, 0.3) is 0 Å². The lowest BCUT2D eigenvalue weighted by molar-refractivity contribution is -0.140. The van der Waals surface area contributed by atoms with Gasteiger partial charge in [0.25, 0.3) is 0 Å². The summed E-state index contributed by atoms with van der Waals surface area (Å²) in [5.41, 5.74) is 3.74. The lowest BCUT2D eigenvalue weighted by Crippen LogP contribution is -2.46. The van der Waals surface area contributed by atoms with Gasteiger partial charge in [-0.3, -0.25) is 9.89 Å². The van der Waals surface area contributed by atoms with Crippen LogP contribution >= 0.6 is 0 Å². The van der Waals surface area contributed by atoms with Gasteiger partial charge in [0.15, 0.2) is 16.6 Å². The summed E-state index contributed by atoms with van der Waals surface area (Å²) in [6.07, 6.45) is 16.8. The molecule has 8 heteroatoms. The van der Waals surface area contributed by atoms with Gasteiger partial charge in [-0.15, -0.1) is 0 Å². The second-order valence-electron chi connectivity index (χ2n) is 16.0. The van der Waals surface area contributed by atoms with Crippen molar-refractivity contribution < 1.29 is 18.4 Å². The number of hydrogen-bond donors (Lipinski definition) is 1. The number of aryl methyl sites for hydroxylation is 1. The fourth-order valence-electron chi connectivity index (χ4n) is 5.92. The zero-order chi connectivity index (χ0) is 31.3. The first kappa shape index (κ1) is 35.3. The van der Waals surface area contributed by atoms with E-state index in [9.17, 15) is 4.79 Å². The third kappa shape index (κ3) is 8.92. The molecule has 6 nitrogen and oxygen atoms in total. The summed E-state index contributed by atoms with van der Waals surface area (Å²) >= 11 is 0. The number of fused-ring (bicyclic) bond motifs is 1. The number of carbonyl (C=O) groups is 1. The lowest BCUT2D eigenvalue weighted by atomic mass is 9.84. The van der Waals surface area contributed by atoms with Gasteiger partial charge in [0.05, 0.1) is 25.0 Å². The molecule has 240 valence electrons. The molecule has 3 rings (SSSR count). The first-order valence-electron chi connectivity index (χ1n) is 16.6. The van der Waals surface area contributed by atoms with Crippen molar-refractivity contribution in [3.63, 3.8) is 0 Å². The average Bonchev–Trinajstić information content (AvgIpc) is 3.43. The SMILES string of the molecule is COC(=O)CCCCCc1n[nH]c2c1[C@@H](/C=C/[C@H](O[Si](C)(C)C(C)(C)C)C1CCCCC1)[C@H](O[Si](C)(C)C(C)(C)C)C2. The molecule has 1 saturated carbocycles. The van der Waals surface area contributed by atoms with Crippen molar-refractivity contribution in [2.24, 2.45) is 5.92 Å². The van der Waals surface area contributed by atoms with Crippen LogP contribution in [-0.2, 0) is 31.2 Å². The molecule has 1 N–H and O–H groups in total. The smallest absolute Gasteiger partial charge is 0.305 e. The van der Waals surface area contributed by atoms with Crippen molar-refractivity contribution in [2.75, 3.05) is 7.11 Å². The zero-order valence-corrected chi connectivity index (χ0v) is 30.8. The Hall–Kier alpha value is -1.23. The molecule has 0 amide bonds. The molecule has 1 heterocycles. The number of aromatic nitrogens is 2. The number of H-pyrrole nitrogens is 1. The number of carbonyl (C=O) groups excluding carboxylic acids is 1. The number of ether oxygens (including phenoxy) is 1. The van der Waals surface area contributed by atoms with Crippen LogP contribution in [0, 0.1) is 5.92 Å². The van der Waals surface area contributed by atoms with Gasteiger partial charge in [0.1, 0.15) is 0 Å². The number of unbranched alkanes of at least 4 members (excludes halogenated alkanes) is 2. The Bertz CT molecular complexity index is 1040. The molecule has 0 bridgehead atoms. The quantitative estimate of drug-likeness (QED) is 0.103. The van der Waals surface area contributed by atoms with E-state index in [1.165, 1.54) is 56.2 Å². The Labute approximate surface area is 259 Å². The molecule has 2 aliphatic rings. The maximum Gasteiger partial charge on any atom is 0.305 e. The Morgan fingerprint density at radius 1 is 0.976 bits per heavy atom. The van der Waals surface area contributed by atoms with E-state index in [1.807, 2.05) is 0 Å². The number of methoxy groups -OCH3 is 1. The minimum Gasteiger partial charge on any atom is -0.469 e. The van der Waals surface area contributed by atoms with Crippen LogP contribution < -0.4 is 0 Å². The van der Waals surface area contributed by atoms with E-state index >= 15 is 0 Å². The molecular weight excluding hydrogens is 557 g/mol. The van der Waals surface area contributed by atoms with E-state index in [2.05, 4.69) is 85.0 Å². The van der Waals surface area contributed by atoms with Crippen molar-refractivity contribution in [2.45, 2.75) is 167 Å². The Balaban J connectivity index is 1.89. The summed E-state index contributed by atoms with van der Waals surface area (Å²) in [7, 11) is -2.46. The number of hydrogen-bond acceptors (Lipinski definition) is 5. The predicted octanol–water partition coefficient (Wildman–Crippen LogP) is 9.24. The molecule has 0 radical (unpaired) electrons. The van der Waals surface area contributed by atoms with Gasteiger partial charge < -0.3 is 13.6 Å². The number of esters is 1. The van der Waals surface area contributed by atoms with E-state index in [0.717, 1.165) is 32.1 Å². The standard InChI is InChI=1S/C34H62N2O4Si2/c1-33(2,3)41(8,9)39-29(25-18-14-12-15-19-25)23-22-26-30(40-42(10,11)34(4,5)6)24-28-32(26)27(35-36-28)20-16-13-17-21-31(37)38-7/h22-23,25-26,29-30H,12-21,24H2,1-11H3,(H,35,36)/b23-22+/t26-,29-,30+/m0/s1. The first-order chi connectivity index (χ1) is 19.5. The Kier molecular flexibility index (Phi) is 12.0. The van der Waals surface area contributed by atoms with Crippen LogP contribution in [0.15, 0.2) is 12.2 Å². The molecule has 0 saturated heterocycles. The summed E-state index contributed by atoms with van der Waals surface area (Å²) in [4.78, 5) is 11.5. The molecule has 0 spiro atoms. The second kappa shape index (κ2) is 14.3. The van der Waals surface area contributed by atoms with Gasteiger partial charge in [-0.05, 0) is 74.3 Å². The van der Waals surface area contributed by atoms with Gasteiger partial charge in [0, 0.05) is 30.0 Å². The fraction of sp³-hybridized carbons (Fsp3) is 0.824. The Morgan fingerprint density at radius 3 is 2.21 bits per heavy atom. The van der Waals surface area contributed by atoms with Gasteiger partial charge >= 0.3 is 5.97 Å². The van der Waals surface area contributed by atoms with E-state index < -0.39 is 16.6 Å². The monoisotopic (exact) mass is 618 g/mol. The molecule has 0 unspecified atom stereocenters. The van der Waals surface area contributed by atoms with Crippen LogP contribution in [0.4, 0.5) is 0 Å². The predicted molar refractivity (Wildman–Crippen MR) is 179 cm³/mol. The molecule has 42 heavy (non-hydrogen) atoms. The maximum absolute atomic E-state index is 11.5. The van der Waals surface area contributed by atoms with E-state index in [4.69, 9.17) is 18.7 Å². The van der Waals surface area contributed by atoms with Gasteiger partial charge in [-0.2, -0.15) is 5.10 Å². The van der Waals surface area contributed by atoms with Crippen LogP contribution in [-0.4, -0.2) is 52.1 Å². The number of rotatable bonds is 13. The van der Waals surface area contributed by atoms with E-state index in [1.54, 1.807) is 0 Å². The molecule has 3 atom stereocenters. The third-order valence-electron chi connectivity index (χ3n) is 10.7. The van der Waals surface area contributed by atoms with Crippen molar-refractivity contribution in [3.05, 3.63) is 29.1 Å². The number of nitrogens with one attached hydrogen (secondary N) is 1. The summed E-state index contributed by atoms with van der Waals surface area (Å²) < 4.78 is 19.1. The topological polar surface area (TPSA) is 73.4 Å². The lowest BCUT2D eigenvalue weighted by Gasteiger charge is -2.42. The van der Waals surface area contributed by atoms with Crippen LogP contribution in [0.1, 0.15) is 122 Å². The van der Waals surface area contributed by atoms with Crippen molar-refractivity contribution in [3.8, 4) is 0 Å². The molecule has 2 aliphatic carbocycles. The zero-order valence-electron chi connectivity index (χ0n) is 28.8. The molecular formula is C34H62N2O4Si2. The van der Waals surface area contributed by atoms with Crippen LogP contribution in [0.3, 0.4) is 0 Å². The van der Waals surface area contributed by atoms with Gasteiger partial charge in [0.2, 0.25) is 0 Å². The summed E-state index contributed by atoms with van der Waals surface area (Å²) in [6.45, 7) is 23.5. The van der Waals surface area contributed by atoms with Crippen molar-refractivity contribution in [1.82, 2.24) is 10.2 Å². The van der Waals surface area contributed by atoms with E-state index in [-0.39, 0.29) is 34.2 Å². The average molecular weight is 619 g/mol. The highest BCUT2D eigenvalue weighted by Crippen LogP contribution is 2.45. The minimum atomic E-state index is -1.98. The molecule has 1 fully saturated rings. The molecule has 0 aliphatic heterocycles. The highest BCUT2D eigenvalue weighted by Gasteiger charge is 2.45. The van der Waals surface area contributed by atoms with Gasteiger partial charge in [-0.1, -0.05) is 79.4 Å². The third-order valence-corrected chi connectivity index (χ3v) is 19.7. The van der Waals surface area contributed by atoms with Crippen LogP contribution in [0.2, 0.25) is 36.3 Å². The molecule has 1 aromatic heterocycles. The number of aromatic amines is 1. The minimum absolute atomic E-state index is 0.115. The van der Waals surface area contributed by atoms with E-state index in [0.29, 0.717) is 12.3 Å². The largest absolute Gasteiger partial charge is 0.469 e. The van der Waals surface area contributed by atoms with Gasteiger partial charge in [-0.25, -0.2) is 0 Å². The molecule has 0 aromatic carbocycles. The van der Waals surface area contributed by atoms with Crippen molar-refractivity contribution in [1.29, 1.82) is 0 Å². The number of nitrogens with zero attached hydrogens (tertiary/aromatic N) is 1. The summed E-state index contributed by atoms with van der Waals surface area (Å²) in [5.74, 6) is 0.634. The van der Waals surface area contributed by atoms with Crippen LogP contribution in [0.5, 0.6) is 0 Å². The fourth-order valence-corrected chi connectivity index (χ4v) is 8.56. The summed E-state index contributed by atoms with van der Waals surface area (Å²) in [6, 6.07) is 0. The second-order valence-corrected chi connectivity index (χ2v) is 25.5. The Morgan fingerprint density at radius 2 is 1.62 bits per heavy atom. The maximum atomic E-state index is 11.5. The summed E-state index contributed by atoms with van der Waals surface area (Å²) in [5, 5.41) is 8.53. The molecule has 1 aromatic rings. The highest BCUT2D eigenvalue weighted by molar-refractivity contribution is 6.74. The van der Waals surface area contributed by atoms with Crippen molar-refractivity contribution >= 4 is 22.6 Å². The highest BCUT2D eigenvalue weighted by atomic mass is 28.4. The first-order valence-corrected chi connectivity index (χ1v) is 22.5.